The van der Waals surface area contributed by atoms with Gasteiger partial charge >= 0.3 is 0 Å². The van der Waals surface area contributed by atoms with Gasteiger partial charge in [0.05, 0.1) is 0 Å². The summed E-state index contributed by atoms with van der Waals surface area (Å²) in [6.45, 7) is 2.76. The largest absolute Gasteiger partial charge is 0.371 e. The van der Waals surface area contributed by atoms with Gasteiger partial charge in [-0.25, -0.2) is 0 Å². The minimum Gasteiger partial charge on any atom is -0.371 e. The van der Waals surface area contributed by atoms with Crippen molar-refractivity contribution < 1.29 is 9.53 Å². The zero-order chi connectivity index (χ0) is 13.9. The monoisotopic (exact) mass is 289 g/mol. The molecule has 1 amide bonds. The summed E-state index contributed by atoms with van der Waals surface area (Å²) in [6, 6.07) is 7.42. The molecule has 1 N–H and O–H groups in total. The summed E-state index contributed by atoms with van der Waals surface area (Å²) in [6.07, 6.45) is 2.06. The average Bonchev–Trinajstić information content (AvgIpc) is 3.09. The van der Waals surface area contributed by atoms with Crippen molar-refractivity contribution in [2.75, 3.05) is 11.9 Å². The van der Waals surface area contributed by atoms with Gasteiger partial charge in [0.25, 0.3) is 5.91 Å². The highest BCUT2D eigenvalue weighted by Gasteiger charge is 2.22. The summed E-state index contributed by atoms with van der Waals surface area (Å²) in [4.78, 5) is 12.1. The van der Waals surface area contributed by atoms with Crippen LogP contribution in [0.25, 0.3) is 0 Å². The lowest BCUT2D eigenvalue weighted by Crippen LogP contribution is -2.11. The lowest BCUT2D eigenvalue weighted by molar-refractivity contribution is 0.102. The number of ether oxygens (including phenoxy) is 1. The average molecular weight is 289 g/mol. The van der Waals surface area contributed by atoms with E-state index in [2.05, 4.69) is 15.5 Å². The molecule has 1 saturated heterocycles. The van der Waals surface area contributed by atoms with Crippen LogP contribution in [-0.2, 0) is 4.74 Å². The molecule has 0 radical (unpaired) electrons. The van der Waals surface area contributed by atoms with Crippen LogP contribution in [-0.4, -0.2) is 22.7 Å². The number of hydrogen-bond donors (Lipinski definition) is 1. The van der Waals surface area contributed by atoms with Gasteiger partial charge in [-0.15, -0.1) is 10.2 Å². The predicted molar refractivity (Wildman–Crippen MR) is 77.0 cm³/mol. The molecule has 5 nitrogen and oxygen atoms in total. The van der Waals surface area contributed by atoms with Gasteiger partial charge in [-0.2, -0.15) is 0 Å². The Labute approximate surface area is 121 Å². The molecule has 0 spiro atoms. The molecule has 2 aromatic rings. The molecule has 1 aliphatic heterocycles. The van der Waals surface area contributed by atoms with Crippen molar-refractivity contribution in [3.63, 3.8) is 0 Å². The summed E-state index contributed by atoms with van der Waals surface area (Å²) >= 11 is 1.38. The molecule has 0 aliphatic carbocycles. The number of benzene rings is 1. The Kier molecular flexibility index (Phi) is 3.75. The molecule has 1 atom stereocenters. The van der Waals surface area contributed by atoms with Gasteiger partial charge in [-0.3, -0.25) is 10.1 Å². The molecule has 1 aromatic carbocycles. The molecule has 1 aliphatic rings. The number of amides is 1. The fourth-order valence-electron chi connectivity index (χ4n) is 2.06. The maximum Gasteiger partial charge on any atom is 0.257 e. The Morgan fingerprint density at radius 2 is 2.15 bits per heavy atom. The van der Waals surface area contributed by atoms with Crippen LogP contribution in [0.15, 0.2) is 24.3 Å². The van der Waals surface area contributed by atoms with Gasteiger partial charge < -0.3 is 4.74 Å². The maximum absolute atomic E-state index is 12.1. The number of aromatic nitrogens is 2. The summed E-state index contributed by atoms with van der Waals surface area (Å²) in [5.74, 6) is -0.167. The first-order valence-electron chi connectivity index (χ1n) is 6.55. The zero-order valence-electron chi connectivity index (χ0n) is 11.1. The van der Waals surface area contributed by atoms with E-state index in [1.165, 1.54) is 11.3 Å². The quantitative estimate of drug-likeness (QED) is 0.943. The fourth-order valence-corrected chi connectivity index (χ4v) is 2.88. The molecule has 3 rings (SSSR count). The zero-order valence-corrected chi connectivity index (χ0v) is 11.9. The molecule has 2 heterocycles. The lowest BCUT2D eigenvalue weighted by Gasteiger charge is -2.03. The number of aryl methyl sites for hydroxylation is 1. The molecule has 1 fully saturated rings. The molecular weight excluding hydrogens is 274 g/mol. The van der Waals surface area contributed by atoms with E-state index in [9.17, 15) is 4.79 Å². The van der Waals surface area contributed by atoms with Gasteiger partial charge in [0, 0.05) is 12.2 Å². The van der Waals surface area contributed by atoms with E-state index >= 15 is 0 Å². The molecule has 0 saturated carbocycles. The van der Waals surface area contributed by atoms with Gasteiger partial charge in [-0.1, -0.05) is 29.0 Å². The third kappa shape index (κ3) is 2.86. The lowest BCUT2D eigenvalue weighted by atomic mass is 10.1. The molecule has 104 valence electrons. The first-order valence-corrected chi connectivity index (χ1v) is 7.37. The van der Waals surface area contributed by atoms with Gasteiger partial charge in [-0.05, 0) is 31.9 Å². The van der Waals surface area contributed by atoms with Crippen LogP contribution < -0.4 is 5.32 Å². The number of hydrogen-bond acceptors (Lipinski definition) is 5. The summed E-state index contributed by atoms with van der Waals surface area (Å²) in [5, 5.41) is 12.2. The van der Waals surface area contributed by atoms with Gasteiger partial charge in [0.15, 0.2) is 0 Å². The van der Waals surface area contributed by atoms with Crippen molar-refractivity contribution in [1.82, 2.24) is 10.2 Å². The van der Waals surface area contributed by atoms with Crippen LogP contribution in [0.4, 0.5) is 5.13 Å². The number of nitrogens with zero attached hydrogens (tertiary/aromatic N) is 2. The molecule has 0 unspecified atom stereocenters. The Bertz CT molecular complexity index is 603. The SMILES string of the molecule is Cc1ccc(C(=O)Nc2nnc([C@@H]3CCCO3)s2)cc1. The Morgan fingerprint density at radius 3 is 2.85 bits per heavy atom. The third-order valence-corrected chi connectivity index (χ3v) is 4.11. The molecule has 6 heteroatoms. The van der Waals surface area contributed by atoms with Crippen LogP contribution in [0, 0.1) is 6.92 Å². The second-order valence-corrected chi connectivity index (χ2v) is 5.78. The second kappa shape index (κ2) is 5.68. The van der Waals surface area contributed by atoms with E-state index in [1.807, 2.05) is 19.1 Å². The van der Waals surface area contributed by atoms with Crippen LogP contribution in [0.2, 0.25) is 0 Å². The van der Waals surface area contributed by atoms with Crippen molar-refractivity contribution in [2.24, 2.45) is 0 Å². The highest BCUT2D eigenvalue weighted by atomic mass is 32.1. The molecule has 0 bridgehead atoms. The minimum atomic E-state index is -0.167. The van der Waals surface area contributed by atoms with Gasteiger partial charge in [0.1, 0.15) is 11.1 Å². The highest BCUT2D eigenvalue weighted by Crippen LogP contribution is 2.31. The van der Waals surface area contributed by atoms with E-state index < -0.39 is 0 Å². The van der Waals surface area contributed by atoms with Crippen molar-refractivity contribution in [3.05, 3.63) is 40.4 Å². The van der Waals surface area contributed by atoms with Gasteiger partial charge in [0.2, 0.25) is 5.13 Å². The normalized spacial score (nSPS) is 18.1. The Morgan fingerprint density at radius 1 is 1.35 bits per heavy atom. The van der Waals surface area contributed by atoms with Crippen molar-refractivity contribution >= 4 is 22.4 Å². The van der Waals surface area contributed by atoms with E-state index in [0.717, 1.165) is 30.0 Å². The third-order valence-electron chi connectivity index (χ3n) is 3.18. The standard InChI is InChI=1S/C14H15N3O2S/c1-9-4-6-10(7-5-9)12(18)15-14-17-16-13(20-14)11-3-2-8-19-11/h4-7,11H,2-3,8H2,1H3,(H,15,17,18)/t11-/m0/s1. The number of carbonyl (C=O) groups excluding carboxylic acids is 1. The van der Waals surface area contributed by atoms with Crippen LogP contribution >= 0.6 is 11.3 Å². The first-order chi connectivity index (χ1) is 9.72. The Balaban J connectivity index is 1.68. The minimum absolute atomic E-state index is 0.0394. The number of anilines is 1. The molecule has 20 heavy (non-hydrogen) atoms. The summed E-state index contributed by atoms with van der Waals surface area (Å²) in [5.41, 5.74) is 1.74. The van der Waals surface area contributed by atoms with Crippen molar-refractivity contribution in [2.45, 2.75) is 25.9 Å². The van der Waals surface area contributed by atoms with Crippen LogP contribution in [0.3, 0.4) is 0 Å². The predicted octanol–water partition coefficient (Wildman–Crippen LogP) is 2.95. The highest BCUT2D eigenvalue weighted by molar-refractivity contribution is 7.15. The second-order valence-electron chi connectivity index (χ2n) is 4.77. The van der Waals surface area contributed by atoms with Crippen molar-refractivity contribution in [3.8, 4) is 0 Å². The van der Waals surface area contributed by atoms with Crippen LogP contribution in [0.5, 0.6) is 0 Å². The number of rotatable bonds is 3. The maximum atomic E-state index is 12.1. The Hall–Kier alpha value is -1.79. The van der Waals surface area contributed by atoms with E-state index in [0.29, 0.717) is 10.7 Å². The first kappa shape index (κ1) is 13.2. The topological polar surface area (TPSA) is 64.1 Å². The number of nitrogens with one attached hydrogen (secondary N) is 1. The summed E-state index contributed by atoms with van der Waals surface area (Å²) < 4.78 is 5.55. The van der Waals surface area contributed by atoms with E-state index in [4.69, 9.17) is 4.74 Å². The number of carbonyl (C=O) groups is 1. The smallest absolute Gasteiger partial charge is 0.257 e. The van der Waals surface area contributed by atoms with Crippen LogP contribution in [0.1, 0.15) is 39.9 Å². The summed E-state index contributed by atoms with van der Waals surface area (Å²) in [7, 11) is 0. The fraction of sp³-hybridized carbons (Fsp3) is 0.357. The van der Waals surface area contributed by atoms with E-state index in [1.54, 1.807) is 12.1 Å². The van der Waals surface area contributed by atoms with Crippen molar-refractivity contribution in [1.29, 1.82) is 0 Å². The van der Waals surface area contributed by atoms with E-state index in [-0.39, 0.29) is 12.0 Å². The molecular formula is C14H15N3O2S. The molecule has 1 aromatic heterocycles.